The average Bonchev–Trinajstić information content (AvgIpc) is 2.38. The molecule has 0 atom stereocenters. The number of sulfonamides is 1. The lowest BCUT2D eigenvalue weighted by Gasteiger charge is -2.26. The second-order valence-corrected chi connectivity index (χ2v) is 6.04. The number of carbonyl (C=O) groups excluding carboxylic acids is 1. The third-order valence-corrected chi connectivity index (χ3v) is 4.68. The molecule has 0 saturated carbocycles. The zero-order valence-electron chi connectivity index (χ0n) is 10.2. The van der Waals surface area contributed by atoms with Crippen molar-refractivity contribution in [3.63, 3.8) is 0 Å². The van der Waals surface area contributed by atoms with Gasteiger partial charge in [0.25, 0.3) is 0 Å². The predicted octanol–water partition coefficient (Wildman–Crippen LogP) is -0.356. The van der Waals surface area contributed by atoms with Crippen molar-refractivity contribution >= 4 is 21.9 Å². The minimum atomic E-state index is -4.24. The molecular weight excluding hydrogens is 291 g/mol. The van der Waals surface area contributed by atoms with Gasteiger partial charge in [-0.25, -0.2) is 17.6 Å². The molecule has 1 aliphatic heterocycles. The molecule has 7 nitrogen and oxygen atoms in total. The summed E-state index contributed by atoms with van der Waals surface area (Å²) < 4.78 is 38.7. The fraction of sp³-hybridized carbons (Fsp3) is 0.273. The molecule has 1 heterocycles. The number of nitrogens with zero attached hydrogens (tertiary/aromatic N) is 1. The van der Waals surface area contributed by atoms with Crippen LogP contribution in [-0.4, -0.2) is 49.3 Å². The number of carboxylic acids is 1. The summed E-state index contributed by atoms with van der Waals surface area (Å²) in [6.07, 6.45) is 0. The fourth-order valence-electron chi connectivity index (χ4n) is 1.85. The summed E-state index contributed by atoms with van der Waals surface area (Å²) in [6, 6.07) is 2.39. The lowest BCUT2D eigenvalue weighted by molar-refractivity contribution is -0.122. The Bertz CT molecular complexity index is 673. The number of rotatable bonds is 3. The van der Waals surface area contributed by atoms with Crippen molar-refractivity contribution in [3.05, 3.63) is 29.6 Å². The third kappa shape index (κ3) is 2.63. The molecule has 0 spiro atoms. The minimum Gasteiger partial charge on any atom is -0.478 e. The first-order chi connectivity index (χ1) is 9.32. The second-order valence-electron chi connectivity index (χ2n) is 4.13. The largest absolute Gasteiger partial charge is 0.478 e. The maximum atomic E-state index is 13.2. The molecule has 20 heavy (non-hydrogen) atoms. The highest BCUT2D eigenvalue weighted by Crippen LogP contribution is 2.22. The quantitative estimate of drug-likeness (QED) is 0.794. The number of hydrogen-bond acceptors (Lipinski definition) is 4. The zero-order valence-corrected chi connectivity index (χ0v) is 11.0. The molecule has 0 aromatic heterocycles. The Hall–Kier alpha value is -2.00. The van der Waals surface area contributed by atoms with E-state index in [9.17, 15) is 22.4 Å². The standard InChI is InChI=1S/C11H11FN2O5S/c12-7-1-2-8(11(16)17)9(5-7)20(18,19)14-4-3-13-10(15)6-14/h1-2,5H,3-4,6H2,(H,13,15)(H,16,17). The van der Waals surface area contributed by atoms with Crippen molar-refractivity contribution in [2.45, 2.75) is 4.90 Å². The Labute approximate surface area is 114 Å². The molecule has 0 unspecified atom stereocenters. The number of benzene rings is 1. The molecule has 0 bridgehead atoms. The summed E-state index contributed by atoms with van der Waals surface area (Å²) in [6.45, 7) is -0.294. The highest BCUT2D eigenvalue weighted by atomic mass is 32.2. The summed E-state index contributed by atoms with van der Waals surface area (Å²) in [5.74, 6) is -2.84. The Morgan fingerprint density at radius 3 is 2.70 bits per heavy atom. The monoisotopic (exact) mass is 302 g/mol. The molecule has 1 saturated heterocycles. The van der Waals surface area contributed by atoms with E-state index in [-0.39, 0.29) is 13.1 Å². The Morgan fingerprint density at radius 1 is 1.40 bits per heavy atom. The lowest BCUT2D eigenvalue weighted by atomic mass is 10.2. The predicted molar refractivity (Wildman–Crippen MR) is 65.1 cm³/mol. The van der Waals surface area contributed by atoms with E-state index >= 15 is 0 Å². The first-order valence-electron chi connectivity index (χ1n) is 5.62. The van der Waals surface area contributed by atoms with E-state index in [1.54, 1.807) is 0 Å². The van der Waals surface area contributed by atoms with Crippen LogP contribution < -0.4 is 5.32 Å². The highest BCUT2D eigenvalue weighted by Gasteiger charge is 2.32. The summed E-state index contributed by atoms with van der Waals surface area (Å²) in [5.41, 5.74) is -0.530. The molecule has 1 aliphatic rings. The fourth-order valence-corrected chi connectivity index (χ4v) is 3.44. The maximum Gasteiger partial charge on any atom is 0.337 e. The smallest absolute Gasteiger partial charge is 0.337 e. The van der Waals surface area contributed by atoms with Crippen molar-refractivity contribution in [1.82, 2.24) is 9.62 Å². The van der Waals surface area contributed by atoms with E-state index < -0.39 is 44.7 Å². The molecule has 2 rings (SSSR count). The summed E-state index contributed by atoms with van der Waals surface area (Å²) in [7, 11) is -4.24. The van der Waals surface area contributed by atoms with Crippen molar-refractivity contribution in [3.8, 4) is 0 Å². The van der Waals surface area contributed by atoms with Crippen LogP contribution in [0.3, 0.4) is 0 Å². The number of halogens is 1. The van der Waals surface area contributed by atoms with E-state index in [1.165, 1.54) is 0 Å². The van der Waals surface area contributed by atoms with Crippen LogP contribution in [0.2, 0.25) is 0 Å². The molecule has 1 aromatic carbocycles. The number of piperazine rings is 1. The first kappa shape index (κ1) is 14.4. The lowest BCUT2D eigenvalue weighted by Crippen LogP contribution is -2.50. The SMILES string of the molecule is O=C1CN(S(=O)(=O)c2cc(F)ccc2C(=O)O)CCN1. The Balaban J connectivity index is 2.51. The number of nitrogens with one attached hydrogen (secondary N) is 1. The topological polar surface area (TPSA) is 104 Å². The van der Waals surface area contributed by atoms with Gasteiger partial charge in [0.15, 0.2) is 0 Å². The average molecular weight is 302 g/mol. The van der Waals surface area contributed by atoms with Gasteiger partial charge in [-0.2, -0.15) is 4.31 Å². The van der Waals surface area contributed by atoms with Crippen LogP contribution in [0.1, 0.15) is 10.4 Å². The van der Waals surface area contributed by atoms with Crippen LogP contribution in [0.4, 0.5) is 4.39 Å². The second kappa shape index (κ2) is 5.17. The van der Waals surface area contributed by atoms with Gasteiger partial charge in [0.1, 0.15) is 5.82 Å². The summed E-state index contributed by atoms with van der Waals surface area (Å²) in [5, 5.41) is 11.4. The van der Waals surface area contributed by atoms with Gasteiger partial charge in [-0.05, 0) is 18.2 Å². The summed E-state index contributed by atoms with van der Waals surface area (Å²) >= 11 is 0. The zero-order chi connectivity index (χ0) is 14.9. The van der Waals surface area contributed by atoms with Gasteiger partial charge in [-0.1, -0.05) is 0 Å². The van der Waals surface area contributed by atoms with Crippen LogP contribution in [0.25, 0.3) is 0 Å². The van der Waals surface area contributed by atoms with Crippen molar-refractivity contribution < 1.29 is 27.5 Å². The molecular formula is C11H11FN2O5S. The van der Waals surface area contributed by atoms with Crippen LogP contribution in [0.5, 0.6) is 0 Å². The van der Waals surface area contributed by atoms with Crippen molar-refractivity contribution in [2.75, 3.05) is 19.6 Å². The number of aromatic carboxylic acids is 1. The molecule has 108 valence electrons. The van der Waals surface area contributed by atoms with Gasteiger partial charge in [0, 0.05) is 13.1 Å². The van der Waals surface area contributed by atoms with Crippen LogP contribution in [0, 0.1) is 5.82 Å². The van der Waals surface area contributed by atoms with E-state index in [0.717, 1.165) is 16.4 Å². The van der Waals surface area contributed by atoms with Crippen LogP contribution in [-0.2, 0) is 14.8 Å². The van der Waals surface area contributed by atoms with Gasteiger partial charge < -0.3 is 10.4 Å². The Kier molecular flexibility index (Phi) is 3.73. The van der Waals surface area contributed by atoms with Gasteiger partial charge in [-0.15, -0.1) is 0 Å². The normalized spacial score (nSPS) is 16.8. The van der Waals surface area contributed by atoms with Crippen molar-refractivity contribution in [1.29, 1.82) is 0 Å². The maximum absolute atomic E-state index is 13.2. The number of amides is 1. The molecule has 2 N–H and O–H groups in total. The van der Waals surface area contributed by atoms with Gasteiger partial charge in [0.2, 0.25) is 15.9 Å². The van der Waals surface area contributed by atoms with Gasteiger partial charge in [0.05, 0.1) is 17.0 Å². The molecule has 1 fully saturated rings. The molecule has 0 radical (unpaired) electrons. The van der Waals surface area contributed by atoms with E-state index in [0.29, 0.717) is 6.07 Å². The van der Waals surface area contributed by atoms with Crippen LogP contribution >= 0.6 is 0 Å². The molecule has 0 aliphatic carbocycles. The number of carbonyl (C=O) groups is 2. The first-order valence-corrected chi connectivity index (χ1v) is 7.06. The third-order valence-electron chi connectivity index (χ3n) is 2.80. The minimum absolute atomic E-state index is 0.00362. The number of carboxylic acid groups (broad SMARTS) is 1. The molecule has 1 aromatic rings. The van der Waals surface area contributed by atoms with Gasteiger partial charge in [-0.3, -0.25) is 4.79 Å². The Morgan fingerprint density at radius 2 is 2.10 bits per heavy atom. The van der Waals surface area contributed by atoms with Gasteiger partial charge >= 0.3 is 5.97 Å². The van der Waals surface area contributed by atoms with E-state index in [1.807, 2.05) is 0 Å². The number of hydrogen-bond donors (Lipinski definition) is 2. The highest BCUT2D eigenvalue weighted by molar-refractivity contribution is 7.89. The summed E-state index contributed by atoms with van der Waals surface area (Å²) in [4.78, 5) is 21.6. The van der Waals surface area contributed by atoms with Crippen LogP contribution in [0.15, 0.2) is 23.1 Å². The van der Waals surface area contributed by atoms with E-state index in [4.69, 9.17) is 5.11 Å². The van der Waals surface area contributed by atoms with Crippen molar-refractivity contribution in [2.24, 2.45) is 0 Å². The molecule has 1 amide bonds. The van der Waals surface area contributed by atoms with E-state index in [2.05, 4.69) is 5.32 Å². The molecule has 9 heteroatoms.